The number of piperidine rings is 1. The first-order valence-corrected chi connectivity index (χ1v) is 17.0. The van der Waals surface area contributed by atoms with Crippen molar-refractivity contribution in [3.05, 3.63) is 17.8 Å². The van der Waals surface area contributed by atoms with Crippen molar-refractivity contribution in [3.63, 3.8) is 0 Å². The first kappa shape index (κ1) is 37.5. The zero-order chi connectivity index (χ0) is 34.0. The third kappa shape index (κ3) is 11.4. The van der Waals surface area contributed by atoms with E-state index in [0.717, 1.165) is 31.2 Å². The lowest BCUT2D eigenvalue weighted by atomic mass is 9.87. The summed E-state index contributed by atoms with van der Waals surface area (Å²) >= 11 is 0. The summed E-state index contributed by atoms with van der Waals surface area (Å²) in [7, 11) is 1.66. The highest BCUT2D eigenvalue weighted by atomic mass is 16.6. The Morgan fingerprint density at radius 3 is 2.37 bits per heavy atom. The minimum atomic E-state index is -0.715. The molecule has 3 atom stereocenters. The number of methoxy groups -OCH3 is 1. The van der Waals surface area contributed by atoms with Crippen LogP contribution in [0.1, 0.15) is 99.0 Å². The third-order valence-corrected chi connectivity index (χ3v) is 8.10. The molecule has 2 fully saturated rings. The lowest BCUT2D eigenvalue weighted by molar-refractivity contribution is -0.131. The normalized spacial score (nSPS) is 19.2. The van der Waals surface area contributed by atoms with E-state index in [1.54, 1.807) is 18.2 Å². The number of amides is 3. The summed E-state index contributed by atoms with van der Waals surface area (Å²) in [6, 6.07) is 1.71. The first-order valence-electron chi connectivity index (χ1n) is 17.0. The van der Waals surface area contributed by atoms with E-state index >= 15 is 0 Å². The summed E-state index contributed by atoms with van der Waals surface area (Å²) in [6.45, 7) is 18.1. The van der Waals surface area contributed by atoms with Crippen molar-refractivity contribution in [1.82, 2.24) is 15.2 Å². The number of aromatic nitrogens is 1. The minimum Gasteiger partial charge on any atom is -0.493 e. The predicted molar refractivity (Wildman–Crippen MR) is 178 cm³/mol. The Labute approximate surface area is 276 Å². The smallest absolute Gasteiger partial charge is 0.410 e. The van der Waals surface area contributed by atoms with Crippen molar-refractivity contribution in [2.75, 3.05) is 51.5 Å². The number of hydrogen-bond donors (Lipinski definition) is 1. The molecule has 1 saturated heterocycles. The first-order chi connectivity index (χ1) is 21.7. The van der Waals surface area contributed by atoms with Crippen molar-refractivity contribution in [2.24, 2.45) is 17.8 Å². The van der Waals surface area contributed by atoms with Crippen LogP contribution in [0.25, 0.3) is 0 Å². The predicted octanol–water partition coefficient (Wildman–Crippen LogP) is 5.56. The van der Waals surface area contributed by atoms with Crippen LogP contribution in [-0.2, 0) is 23.8 Å². The van der Waals surface area contributed by atoms with E-state index in [4.69, 9.17) is 23.9 Å². The van der Waals surface area contributed by atoms with Crippen molar-refractivity contribution >= 4 is 23.7 Å². The van der Waals surface area contributed by atoms with Gasteiger partial charge < -0.3 is 29.2 Å². The Bertz CT molecular complexity index is 1150. The molecular weight excluding hydrogens is 588 g/mol. The van der Waals surface area contributed by atoms with E-state index in [1.165, 1.54) is 4.90 Å². The molecule has 0 radical (unpaired) electrons. The molecule has 11 heteroatoms. The summed E-state index contributed by atoms with van der Waals surface area (Å²) in [5.74, 6) is 0.275. The highest BCUT2D eigenvalue weighted by Crippen LogP contribution is 2.37. The van der Waals surface area contributed by atoms with Crippen LogP contribution in [0.5, 0.6) is 5.75 Å². The van der Waals surface area contributed by atoms with E-state index in [-0.39, 0.29) is 42.9 Å². The zero-order valence-electron chi connectivity index (χ0n) is 29.6. The number of carbonyl (C=O) groups is 3. The summed E-state index contributed by atoms with van der Waals surface area (Å²) in [5.41, 5.74) is 0.255. The van der Waals surface area contributed by atoms with Gasteiger partial charge >= 0.3 is 6.09 Å². The number of rotatable bonds is 16. The summed E-state index contributed by atoms with van der Waals surface area (Å²) in [4.78, 5) is 49.5. The van der Waals surface area contributed by atoms with Gasteiger partial charge in [0.05, 0.1) is 31.1 Å². The molecular formula is C35H58N4O7. The van der Waals surface area contributed by atoms with Gasteiger partial charge in [-0.15, -0.1) is 0 Å². The highest BCUT2D eigenvalue weighted by molar-refractivity contribution is 5.96. The van der Waals surface area contributed by atoms with Gasteiger partial charge in [0.25, 0.3) is 0 Å². The van der Waals surface area contributed by atoms with E-state index in [9.17, 15) is 14.4 Å². The number of pyridine rings is 1. The van der Waals surface area contributed by atoms with Crippen LogP contribution in [-0.4, -0.2) is 92.1 Å². The average molecular weight is 647 g/mol. The van der Waals surface area contributed by atoms with Crippen LogP contribution >= 0.6 is 0 Å². The number of nitrogens with zero attached hydrogens (tertiary/aromatic N) is 3. The molecule has 1 N–H and O–H groups in total. The average Bonchev–Trinajstić information content (AvgIpc) is 3.82. The molecule has 1 aliphatic carbocycles. The topological polar surface area (TPSA) is 120 Å². The molecule has 0 spiro atoms. The van der Waals surface area contributed by atoms with Gasteiger partial charge in [0, 0.05) is 63.7 Å². The van der Waals surface area contributed by atoms with Gasteiger partial charge in [0.2, 0.25) is 11.8 Å². The lowest BCUT2D eigenvalue weighted by Crippen LogP contribution is -2.55. The van der Waals surface area contributed by atoms with Gasteiger partial charge in [-0.05, 0) is 65.2 Å². The molecule has 1 aromatic heterocycles. The number of likely N-dealkylation sites (tertiary alicyclic amines) is 1. The zero-order valence-corrected chi connectivity index (χ0v) is 29.6. The van der Waals surface area contributed by atoms with Crippen molar-refractivity contribution < 1.29 is 33.3 Å². The Morgan fingerprint density at radius 2 is 1.78 bits per heavy atom. The van der Waals surface area contributed by atoms with Crippen LogP contribution in [0.4, 0.5) is 10.6 Å². The molecule has 260 valence electrons. The number of nitrogens with one attached hydrogen (secondary N) is 1. The molecule has 46 heavy (non-hydrogen) atoms. The molecule has 1 aromatic rings. The molecule has 1 unspecified atom stereocenters. The van der Waals surface area contributed by atoms with E-state index < -0.39 is 23.5 Å². The molecule has 3 rings (SSSR count). The van der Waals surface area contributed by atoms with E-state index in [2.05, 4.69) is 33.0 Å². The molecule has 1 saturated carbocycles. The minimum absolute atomic E-state index is 0.0111. The lowest BCUT2D eigenvalue weighted by Gasteiger charge is -2.39. The second-order valence-corrected chi connectivity index (χ2v) is 14.4. The van der Waals surface area contributed by atoms with Crippen LogP contribution in [0.3, 0.4) is 0 Å². The third-order valence-electron chi connectivity index (χ3n) is 8.10. The summed E-state index contributed by atoms with van der Waals surface area (Å²) in [6.07, 6.45) is 4.83. The van der Waals surface area contributed by atoms with Crippen LogP contribution in [0.15, 0.2) is 12.3 Å². The Hall–Kier alpha value is -2.92. The van der Waals surface area contributed by atoms with Gasteiger partial charge in [-0.1, -0.05) is 27.7 Å². The Morgan fingerprint density at radius 1 is 1.09 bits per heavy atom. The number of anilines is 1. The molecule has 1 aliphatic heterocycles. The fourth-order valence-corrected chi connectivity index (χ4v) is 5.78. The van der Waals surface area contributed by atoms with Crippen molar-refractivity contribution in [2.45, 2.75) is 111 Å². The highest BCUT2D eigenvalue weighted by Gasteiger charge is 2.44. The van der Waals surface area contributed by atoms with Gasteiger partial charge in [-0.2, -0.15) is 0 Å². The second kappa shape index (κ2) is 17.3. The number of hydrogen-bond acceptors (Lipinski definition) is 8. The standard InChI is InChI=1S/C35H58N4O7/c1-10-44-22-27(16-23(2)3)37-32(40)25-17-26(21-38(20-25)34(42)46-35(6,7)8)33(41)39(28-12-13-28)31-18-30(45-15-11-14-43-9)29(19-36-31)24(4)5/h18-19,23-28H,10-17,20-22H2,1-9H3,(H,37,40)/t25-,26+,27?/m0/s1. The van der Waals surface area contributed by atoms with Gasteiger partial charge in [-0.3, -0.25) is 14.5 Å². The molecule has 11 nitrogen and oxygen atoms in total. The SMILES string of the molecule is CCOCC(CC(C)C)NC(=O)[C@H]1C[C@@H](C(=O)N(c2cc(OCCCOC)c(C(C)C)cn2)C2CC2)CN(C(=O)OC(C)(C)C)C1. The van der Waals surface area contributed by atoms with Gasteiger partial charge in [-0.25, -0.2) is 9.78 Å². The summed E-state index contributed by atoms with van der Waals surface area (Å²) < 4.78 is 22.7. The van der Waals surface area contributed by atoms with Crippen LogP contribution < -0.4 is 15.0 Å². The maximum absolute atomic E-state index is 14.4. The molecule has 2 heterocycles. The van der Waals surface area contributed by atoms with Gasteiger partial charge in [0.15, 0.2) is 0 Å². The fraction of sp³-hybridized carbons (Fsp3) is 0.771. The largest absolute Gasteiger partial charge is 0.493 e. The summed E-state index contributed by atoms with van der Waals surface area (Å²) in [5, 5.41) is 3.16. The van der Waals surface area contributed by atoms with Gasteiger partial charge in [0.1, 0.15) is 17.2 Å². The molecule has 3 amide bonds. The van der Waals surface area contributed by atoms with Crippen LogP contribution in [0.2, 0.25) is 0 Å². The van der Waals surface area contributed by atoms with Crippen molar-refractivity contribution in [1.29, 1.82) is 0 Å². The second-order valence-electron chi connectivity index (χ2n) is 14.4. The van der Waals surface area contributed by atoms with E-state index in [1.807, 2.05) is 33.8 Å². The van der Waals surface area contributed by atoms with Crippen LogP contribution in [0, 0.1) is 17.8 Å². The fourth-order valence-electron chi connectivity index (χ4n) is 5.78. The van der Waals surface area contributed by atoms with Crippen molar-refractivity contribution in [3.8, 4) is 5.75 Å². The Kier molecular flexibility index (Phi) is 14.1. The maximum atomic E-state index is 14.4. The molecule has 0 bridgehead atoms. The number of ether oxygens (including phenoxy) is 4. The number of carbonyl (C=O) groups excluding carboxylic acids is 3. The molecule has 0 aromatic carbocycles. The van der Waals surface area contributed by atoms with E-state index in [0.29, 0.717) is 50.3 Å². The Balaban J connectivity index is 1.90. The quantitative estimate of drug-likeness (QED) is 0.232. The maximum Gasteiger partial charge on any atom is 0.410 e. The monoisotopic (exact) mass is 646 g/mol. The molecule has 2 aliphatic rings.